The molecule has 1 aliphatic heterocycles. The Balaban J connectivity index is 1.68. The first kappa shape index (κ1) is 12.1. The van der Waals surface area contributed by atoms with Crippen molar-refractivity contribution in [2.75, 3.05) is 6.54 Å². The predicted octanol–water partition coefficient (Wildman–Crippen LogP) is 1.92. The van der Waals surface area contributed by atoms with Gasteiger partial charge in [-0.2, -0.15) is 0 Å². The second-order valence-electron chi connectivity index (χ2n) is 5.13. The minimum atomic E-state index is -0.838. The minimum absolute atomic E-state index is 0.149. The number of nitrogens with zero attached hydrogens (tertiary/aromatic N) is 2. The molecule has 1 aliphatic carbocycles. The van der Waals surface area contributed by atoms with E-state index in [9.17, 15) is 9.59 Å². The van der Waals surface area contributed by atoms with Crippen LogP contribution in [0.2, 0.25) is 0 Å². The normalized spacial score (nSPS) is 21.2. The van der Waals surface area contributed by atoms with Gasteiger partial charge in [0.2, 0.25) is 0 Å². The van der Waals surface area contributed by atoms with Crippen molar-refractivity contribution in [3.63, 3.8) is 0 Å². The van der Waals surface area contributed by atoms with Gasteiger partial charge in [0.05, 0.1) is 0 Å². The third-order valence-electron chi connectivity index (χ3n) is 3.92. The molecular formula is C14H16N2O3. The zero-order valence-electron chi connectivity index (χ0n) is 10.7. The SMILES string of the molecule is O=C1OC2(CCCC2)C(=O)N1CCc1ccncc1. The highest BCUT2D eigenvalue weighted by Gasteiger charge is 2.54. The molecule has 1 aromatic rings. The predicted molar refractivity (Wildman–Crippen MR) is 67.3 cm³/mol. The van der Waals surface area contributed by atoms with Crippen molar-refractivity contribution in [1.29, 1.82) is 0 Å². The van der Waals surface area contributed by atoms with Crippen LogP contribution in [-0.4, -0.2) is 34.0 Å². The molecule has 2 fully saturated rings. The number of pyridine rings is 1. The number of hydrogen-bond donors (Lipinski definition) is 0. The van der Waals surface area contributed by atoms with E-state index in [1.165, 1.54) is 4.90 Å². The molecule has 2 amide bonds. The summed E-state index contributed by atoms with van der Waals surface area (Å²) in [6.45, 7) is 0.378. The van der Waals surface area contributed by atoms with Gasteiger partial charge < -0.3 is 4.74 Å². The van der Waals surface area contributed by atoms with E-state index >= 15 is 0 Å². The van der Waals surface area contributed by atoms with Crippen LogP contribution in [0.1, 0.15) is 31.2 Å². The standard InChI is InChI=1S/C14H16N2O3/c17-12-14(6-1-2-7-14)19-13(18)16(12)10-5-11-3-8-15-9-4-11/h3-4,8-9H,1-2,5-7,10H2. The van der Waals surface area contributed by atoms with Gasteiger partial charge in [0.15, 0.2) is 5.60 Å². The van der Waals surface area contributed by atoms with Gasteiger partial charge >= 0.3 is 6.09 Å². The molecule has 3 rings (SSSR count). The average molecular weight is 260 g/mol. The molecule has 1 aromatic heterocycles. The third kappa shape index (κ3) is 2.09. The summed E-state index contributed by atoms with van der Waals surface area (Å²) in [6, 6.07) is 3.77. The minimum Gasteiger partial charge on any atom is -0.432 e. The van der Waals surface area contributed by atoms with Gasteiger partial charge in [-0.1, -0.05) is 0 Å². The topological polar surface area (TPSA) is 59.5 Å². The molecule has 100 valence electrons. The van der Waals surface area contributed by atoms with E-state index in [0.717, 1.165) is 18.4 Å². The second kappa shape index (κ2) is 4.64. The lowest BCUT2D eigenvalue weighted by Gasteiger charge is -2.17. The number of carbonyl (C=O) groups is 2. The van der Waals surface area contributed by atoms with E-state index in [1.54, 1.807) is 12.4 Å². The van der Waals surface area contributed by atoms with Gasteiger partial charge in [0.1, 0.15) is 0 Å². The summed E-state index contributed by atoms with van der Waals surface area (Å²) >= 11 is 0. The summed E-state index contributed by atoms with van der Waals surface area (Å²) in [5.74, 6) is -0.149. The highest BCUT2D eigenvalue weighted by Crippen LogP contribution is 2.39. The Labute approximate surface area is 111 Å². The van der Waals surface area contributed by atoms with E-state index in [0.29, 0.717) is 25.8 Å². The lowest BCUT2D eigenvalue weighted by atomic mass is 10.0. The number of hydrogen-bond acceptors (Lipinski definition) is 4. The zero-order chi connectivity index (χ0) is 13.3. The Kier molecular flexibility index (Phi) is 2.97. The molecule has 19 heavy (non-hydrogen) atoms. The first-order valence-corrected chi connectivity index (χ1v) is 6.65. The van der Waals surface area contributed by atoms with Crippen molar-refractivity contribution < 1.29 is 14.3 Å². The van der Waals surface area contributed by atoms with Crippen molar-refractivity contribution >= 4 is 12.0 Å². The van der Waals surface area contributed by atoms with E-state index in [1.807, 2.05) is 12.1 Å². The van der Waals surface area contributed by atoms with Gasteiger partial charge in [-0.05, 0) is 49.8 Å². The summed E-state index contributed by atoms with van der Waals surface area (Å²) in [4.78, 5) is 29.4. The monoisotopic (exact) mass is 260 g/mol. The number of imide groups is 1. The molecule has 1 spiro atoms. The lowest BCUT2D eigenvalue weighted by Crippen LogP contribution is -2.39. The van der Waals surface area contributed by atoms with Crippen LogP contribution in [0, 0.1) is 0 Å². The molecular weight excluding hydrogens is 244 g/mol. The van der Waals surface area contributed by atoms with Crippen LogP contribution in [0.5, 0.6) is 0 Å². The quantitative estimate of drug-likeness (QED) is 0.833. The molecule has 0 atom stereocenters. The Morgan fingerprint density at radius 3 is 2.58 bits per heavy atom. The number of carbonyl (C=O) groups excluding carboxylic acids is 2. The molecule has 0 aromatic carbocycles. The van der Waals surface area contributed by atoms with Gasteiger partial charge in [-0.25, -0.2) is 9.69 Å². The van der Waals surface area contributed by atoms with Crippen LogP contribution in [0.3, 0.4) is 0 Å². The van der Waals surface area contributed by atoms with Crippen LogP contribution in [0.4, 0.5) is 4.79 Å². The molecule has 0 unspecified atom stereocenters. The average Bonchev–Trinajstić information content (AvgIpc) is 2.97. The Morgan fingerprint density at radius 2 is 1.89 bits per heavy atom. The van der Waals surface area contributed by atoms with Crippen molar-refractivity contribution in [3.05, 3.63) is 30.1 Å². The molecule has 1 saturated carbocycles. The van der Waals surface area contributed by atoms with Gasteiger partial charge in [0, 0.05) is 18.9 Å². The van der Waals surface area contributed by atoms with Crippen molar-refractivity contribution in [2.24, 2.45) is 0 Å². The maximum atomic E-state index is 12.3. The molecule has 0 bridgehead atoms. The maximum absolute atomic E-state index is 12.3. The van der Waals surface area contributed by atoms with Gasteiger partial charge in [0.25, 0.3) is 5.91 Å². The summed E-state index contributed by atoms with van der Waals surface area (Å²) < 4.78 is 5.35. The smallest absolute Gasteiger partial charge is 0.417 e. The maximum Gasteiger partial charge on any atom is 0.417 e. The first-order chi connectivity index (χ1) is 9.21. The fourth-order valence-corrected chi connectivity index (χ4v) is 2.84. The Bertz CT molecular complexity index is 495. The van der Waals surface area contributed by atoms with E-state index in [2.05, 4.69) is 4.98 Å². The highest BCUT2D eigenvalue weighted by molar-refractivity contribution is 6.03. The number of amides is 2. The fraction of sp³-hybridized carbons (Fsp3) is 0.500. The Hall–Kier alpha value is -1.91. The first-order valence-electron chi connectivity index (χ1n) is 6.65. The molecule has 5 heteroatoms. The molecule has 0 radical (unpaired) electrons. The second-order valence-corrected chi connectivity index (χ2v) is 5.13. The van der Waals surface area contributed by atoms with E-state index in [-0.39, 0.29) is 5.91 Å². The summed E-state index contributed by atoms with van der Waals surface area (Å²) in [7, 11) is 0. The van der Waals surface area contributed by atoms with Crippen molar-refractivity contribution in [1.82, 2.24) is 9.88 Å². The lowest BCUT2D eigenvalue weighted by molar-refractivity contribution is -0.136. The molecule has 2 heterocycles. The summed E-state index contributed by atoms with van der Waals surface area (Å²) in [5, 5.41) is 0. The number of aromatic nitrogens is 1. The molecule has 0 N–H and O–H groups in total. The summed E-state index contributed by atoms with van der Waals surface area (Å²) in [5.41, 5.74) is 0.220. The molecule has 2 aliphatic rings. The van der Waals surface area contributed by atoms with E-state index < -0.39 is 11.7 Å². The Morgan fingerprint density at radius 1 is 1.21 bits per heavy atom. The van der Waals surface area contributed by atoms with Crippen LogP contribution in [0.25, 0.3) is 0 Å². The van der Waals surface area contributed by atoms with Crippen LogP contribution < -0.4 is 0 Å². The van der Waals surface area contributed by atoms with Crippen molar-refractivity contribution in [3.8, 4) is 0 Å². The molecule has 5 nitrogen and oxygen atoms in total. The van der Waals surface area contributed by atoms with Gasteiger partial charge in [-0.15, -0.1) is 0 Å². The number of rotatable bonds is 3. The fourth-order valence-electron chi connectivity index (χ4n) is 2.84. The van der Waals surface area contributed by atoms with Gasteiger partial charge in [-0.3, -0.25) is 9.78 Å². The summed E-state index contributed by atoms with van der Waals surface area (Å²) in [6.07, 6.45) is 6.82. The molecule has 1 saturated heterocycles. The highest BCUT2D eigenvalue weighted by atomic mass is 16.6. The third-order valence-corrected chi connectivity index (χ3v) is 3.92. The number of ether oxygens (including phenoxy) is 1. The zero-order valence-corrected chi connectivity index (χ0v) is 10.7. The van der Waals surface area contributed by atoms with Crippen LogP contribution >= 0.6 is 0 Å². The van der Waals surface area contributed by atoms with Crippen LogP contribution in [0.15, 0.2) is 24.5 Å². The van der Waals surface area contributed by atoms with Crippen molar-refractivity contribution in [2.45, 2.75) is 37.7 Å². The largest absolute Gasteiger partial charge is 0.432 e. The van der Waals surface area contributed by atoms with Crippen LogP contribution in [-0.2, 0) is 16.0 Å². The van der Waals surface area contributed by atoms with E-state index in [4.69, 9.17) is 4.74 Å².